The van der Waals surface area contributed by atoms with E-state index in [0.29, 0.717) is 0 Å². The van der Waals surface area contributed by atoms with Crippen molar-refractivity contribution in [3.63, 3.8) is 0 Å². The number of carbonyl (C=O) groups excluding carboxylic acids is 3. The standard InChI is InChI=1S/C50H81F3N2O17S/c1-14-35-50(10,63)42(60)27(4)38(57)25(2)22-49(9,67-13)44(28(5)41(29(6)45(62)70-35)71-37-23-48(8,66-12)43(61)30(7)69-37)72-46-40(59)34(21-26(3)68-46)55(11)20-19-36(56)54-33(24-51)39(58)31-15-17-32(18-16-31)73(64,65)47(52)53/h15-18,25-30,33-35,37,39-44,46-47,58-61,63H,14,19-24H2,1-13H3,(H,54,56)/t25-,26-,27+,28+,29-,30+,33-,34+,35-,37+,39-,40-,41+,42-,43+,44-,46+,48-,49-,50-/m1/s1. The number of carbonyl (C=O) groups is 3. The first-order valence-electron chi connectivity index (χ1n) is 24.9. The number of aliphatic hydroxyl groups is 5. The lowest BCUT2D eigenvalue weighted by Crippen LogP contribution is -2.61. The number of cyclic esters (lactones) is 1. The average Bonchev–Trinajstić information content (AvgIpc) is 3.35. The Morgan fingerprint density at radius 2 is 1.52 bits per heavy atom. The molecule has 6 N–H and O–H groups in total. The normalized spacial score (nSPS) is 39.4. The van der Waals surface area contributed by atoms with E-state index < -0.39 is 165 Å². The van der Waals surface area contributed by atoms with Crippen molar-refractivity contribution in [2.75, 3.05) is 34.5 Å². The highest BCUT2D eigenvalue weighted by Crippen LogP contribution is 2.42. The van der Waals surface area contributed by atoms with Crippen molar-refractivity contribution < 1.29 is 94.7 Å². The topological polar surface area (TPSA) is 266 Å². The van der Waals surface area contributed by atoms with Gasteiger partial charge in [0, 0.05) is 57.4 Å². The van der Waals surface area contributed by atoms with Crippen LogP contribution in [-0.2, 0) is 57.4 Å². The van der Waals surface area contributed by atoms with Crippen LogP contribution in [0.3, 0.4) is 0 Å². The fourth-order valence-corrected chi connectivity index (χ4v) is 11.3. The van der Waals surface area contributed by atoms with Gasteiger partial charge >= 0.3 is 11.7 Å². The number of nitrogens with one attached hydrogen (secondary N) is 1. The number of aliphatic hydroxyl groups excluding tert-OH is 4. The van der Waals surface area contributed by atoms with Gasteiger partial charge in [0.25, 0.3) is 0 Å². The molecule has 0 radical (unpaired) electrons. The second kappa shape index (κ2) is 25.5. The Hall–Kier alpha value is -2.91. The average molecular weight is 1070 g/mol. The third-order valence-corrected chi connectivity index (χ3v) is 16.9. The van der Waals surface area contributed by atoms with Gasteiger partial charge in [0.1, 0.15) is 42.5 Å². The Kier molecular flexibility index (Phi) is 21.9. The summed E-state index contributed by atoms with van der Waals surface area (Å²) >= 11 is 0. The summed E-state index contributed by atoms with van der Waals surface area (Å²) in [6, 6.07) is 1.58. The van der Waals surface area contributed by atoms with Crippen molar-refractivity contribution >= 4 is 27.5 Å². The van der Waals surface area contributed by atoms with Gasteiger partial charge in [-0.15, -0.1) is 0 Å². The molecular weight excluding hydrogens is 990 g/mol. The number of sulfone groups is 1. The van der Waals surface area contributed by atoms with E-state index in [2.05, 4.69) is 5.32 Å². The third kappa shape index (κ3) is 14.2. The molecule has 4 rings (SSSR count). The molecule has 0 unspecified atom stereocenters. The number of benzene rings is 1. The SMILES string of the molecule is CC[C@H]1OC(=O)[C@H](C)[C@@H](O[C@H]2C[C@@](C)(OC)[C@@H](O)[C@H](C)O2)[C@H](C)[C@@H](O[C@@H]2O[C@H](C)C[C@H](N(C)CCC(=O)N[C@H](CF)[C@H](O)c3ccc(S(=O)(=O)C(F)F)cc3)[C@H]2O)[C@](C)(OC)C[C@@H](C)C(=O)[C@H](C)[C@@H](O)[C@]1(C)O. The molecule has 3 aliphatic rings. The van der Waals surface area contributed by atoms with Gasteiger partial charge in [-0.25, -0.2) is 12.8 Å². The largest absolute Gasteiger partial charge is 0.459 e. The minimum Gasteiger partial charge on any atom is -0.459 e. The maximum absolute atomic E-state index is 14.4. The maximum atomic E-state index is 14.4. The van der Waals surface area contributed by atoms with Crippen LogP contribution in [-0.4, -0.2) is 187 Å². The van der Waals surface area contributed by atoms with Crippen LogP contribution in [0.25, 0.3) is 0 Å². The van der Waals surface area contributed by atoms with Gasteiger partial charge in [0.15, 0.2) is 12.6 Å². The van der Waals surface area contributed by atoms with Crippen molar-refractivity contribution in [3.8, 4) is 0 Å². The molecule has 0 bridgehead atoms. The maximum Gasteiger partial charge on any atom is 0.341 e. The van der Waals surface area contributed by atoms with Crippen LogP contribution in [0.1, 0.15) is 113 Å². The van der Waals surface area contributed by atoms with E-state index >= 15 is 0 Å². The molecule has 1 aromatic rings. The molecule has 3 heterocycles. The third-order valence-electron chi connectivity index (χ3n) is 15.5. The highest BCUT2D eigenvalue weighted by molar-refractivity contribution is 7.91. The number of likely N-dealkylation sites (N-methyl/N-ethyl adjacent to an activating group) is 1. The van der Waals surface area contributed by atoms with Gasteiger partial charge < -0.3 is 68.9 Å². The van der Waals surface area contributed by atoms with E-state index in [0.717, 1.165) is 24.3 Å². The summed E-state index contributed by atoms with van der Waals surface area (Å²) in [5.74, 6) is -9.65. The van der Waals surface area contributed by atoms with Gasteiger partial charge in [-0.05, 0) is 85.5 Å². The smallest absolute Gasteiger partial charge is 0.341 e. The number of hydrogen-bond acceptors (Lipinski definition) is 18. The fourth-order valence-electron chi connectivity index (χ4n) is 10.6. The van der Waals surface area contributed by atoms with Gasteiger partial charge in [-0.1, -0.05) is 39.8 Å². The van der Waals surface area contributed by atoms with Crippen LogP contribution >= 0.6 is 0 Å². The first-order valence-corrected chi connectivity index (χ1v) is 26.5. The zero-order valence-electron chi connectivity index (χ0n) is 44.3. The molecule has 19 nitrogen and oxygen atoms in total. The molecule has 73 heavy (non-hydrogen) atoms. The van der Waals surface area contributed by atoms with Crippen molar-refractivity contribution in [3.05, 3.63) is 29.8 Å². The van der Waals surface area contributed by atoms with Gasteiger partial charge in [-0.2, -0.15) is 8.78 Å². The summed E-state index contributed by atoms with van der Waals surface area (Å²) in [4.78, 5) is 42.9. The first-order chi connectivity index (χ1) is 33.8. The molecular formula is C50H81F3N2O17S. The predicted octanol–water partition coefficient (Wildman–Crippen LogP) is 3.38. The summed E-state index contributed by atoms with van der Waals surface area (Å²) in [7, 11) is -0.414. The molecule has 3 fully saturated rings. The predicted molar refractivity (Wildman–Crippen MR) is 257 cm³/mol. The number of nitrogens with zero attached hydrogens (tertiary/aromatic N) is 1. The van der Waals surface area contributed by atoms with Crippen molar-refractivity contribution in [2.45, 2.75) is 208 Å². The molecule has 23 heteroatoms. The number of Topliss-reactive ketones (excluding diaryl/α,β-unsaturated/α-hetero) is 1. The minimum atomic E-state index is -4.92. The van der Waals surface area contributed by atoms with Crippen LogP contribution in [0.4, 0.5) is 13.2 Å². The van der Waals surface area contributed by atoms with E-state index in [9.17, 15) is 61.5 Å². The van der Waals surface area contributed by atoms with Gasteiger partial charge in [0.05, 0.1) is 58.6 Å². The monoisotopic (exact) mass is 1070 g/mol. The molecule has 20 atom stereocenters. The highest BCUT2D eigenvalue weighted by Gasteiger charge is 2.54. The molecule has 420 valence electrons. The molecule has 3 aliphatic heterocycles. The zero-order valence-corrected chi connectivity index (χ0v) is 45.1. The summed E-state index contributed by atoms with van der Waals surface area (Å²) in [5.41, 5.74) is -4.69. The zero-order chi connectivity index (χ0) is 55.3. The Balaban J connectivity index is 1.67. The van der Waals surface area contributed by atoms with Crippen molar-refractivity contribution in [1.82, 2.24) is 10.2 Å². The Labute approximate surface area is 427 Å². The summed E-state index contributed by atoms with van der Waals surface area (Å²) in [5, 5.41) is 59.8. The number of rotatable bonds is 17. The lowest BCUT2D eigenvalue weighted by atomic mass is 9.74. The van der Waals surface area contributed by atoms with Crippen LogP contribution in [0.15, 0.2) is 29.2 Å². The molecule has 3 saturated heterocycles. The molecule has 0 aromatic heterocycles. The lowest BCUT2D eigenvalue weighted by Gasteiger charge is -2.50. The van der Waals surface area contributed by atoms with E-state index in [4.69, 9.17) is 33.2 Å². The molecule has 1 amide bonds. The van der Waals surface area contributed by atoms with Crippen LogP contribution in [0.2, 0.25) is 0 Å². The van der Waals surface area contributed by atoms with E-state index in [-0.39, 0.29) is 44.2 Å². The van der Waals surface area contributed by atoms with Gasteiger partial charge in [0.2, 0.25) is 15.7 Å². The number of ether oxygens (including phenoxy) is 7. The molecule has 0 spiro atoms. The van der Waals surface area contributed by atoms with Crippen LogP contribution in [0.5, 0.6) is 0 Å². The van der Waals surface area contributed by atoms with E-state index in [1.54, 1.807) is 67.3 Å². The van der Waals surface area contributed by atoms with Crippen molar-refractivity contribution in [2.24, 2.45) is 23.7 Å². The summed E-state index contributed by atoms with van der Waals surface area (Å²) in [6.07, 6.45) is -13.2. The summed E-state index contributed by atoms with van der Waals surface area (Å²) < 4.78 is 108. The Bertz CT molecular complexity index is 2090. The molecule has 1 aromatic carbocycles. The van der Waals surface area contributed by atoms with E-state index in [1.165, 1.54) is 28.1 Å². The minimum absolute atomic E-state index is 0.00233. The number of methoxy groups -OCH3 is 2. The summed E-state index contributed by atoms with van der Waals surface area (Å²) in [6.45, 7) is 15.0. The van der Waals surface area contributed by atoms with Gasteiger partial charge in [-0.3, -0.25) is 14.4 Å². The highest BCUT2D eigenvalue weighted by atomic mass is 32.2. The Morgan fingerprint density at radius 1 is 0.918 bits per heavy atom. The quantitative estimate of drug-likeness (QED) is 0.122. The number of ketones is 1. The number of alkyl halides is 3. The molecule has 0 aliphatic carbocycles. The van der Waals surface area contributed by atoms with Crippen LogP contribution in [0, 0.1) is 23.7 Å². The molecule has 0 saturated carbocycles. The second-order valence-corrected chi connectivity index (χ2v) is 23.0. The van der Waals surface area contributed by atoms with Crippen LogP contribution < -0.4 is 5.32 Å². The number of amides is 1. The van der Waals surface area contributed by atoms with E-state index in [1.807, 2.05) is 0 Å². The second-order valence-electron chi connectivity index (χ2n) is 21.0. The Morgan fingerprint density at radius 3 is 2.07 bits per heavy atom. The lowest BCUT2D eigenvalue weighted by molar-refractivity contribution is -0.319. The first kappa shape index (κ1) is 62.6. The van der Waals surface area contributed by atoms with Crippen molar-refractivity contribution in [1.29, 1.82) is 0 Å². The number of halogens is 3. The number of hydrogen-bond donors (Lipinski definition) is 6. The fraction of sp³-hybridized carbons (Fsp3) is 0.820. The number of esters is 1.